The van der Waals surface area contributed by atoms with Crippen molar-refractivity contribution in [3.05, 3.63) is 30.1 Å². The molecule has 0 aromatic heterocycles. The number of carboxylic acid groups (broad SMARTS) is 1. The summed E-state index contributed by atoms with van der Waals surface area (Å²) < 4.78 is 18.5. The third-order valence-electron chi connectivity index (χ3n) is 5.32. The highest BCUT2D eigenvalue weighted by molar-refractivity contribution is 5.80. The van der Waals surface area contributed by atoms with Crippen molar-refractivity contribution in [3.63, 3.8) is 0 Å². The van der Waals surface area contributed by atoms with Crippen molar-refractivity contribution in [2.45, 2.75) is 44.2 Å². The normalized spacial score (nSPS) is 25.5. The first-order chi connectivity index (χ1) is 12.5. The van der Waals surface area contributed by atoms with Gasteiger partial charge in [0.15, 0.2) is 0 Å². The Hall–Kier alpha value is -2.15. The quantitative estimate of drug-likeness (QED) is 0.724. The molecule has 1 aromatic rings. The van der Waals surface area contributed by atoms with Gasteiger partial charge in [0.25, 0.3) is 0 Å². The van der Waals surface area contributed by atoms with Gasteiger partial charge < -0.3 is 15.2 Å². The summed E-state index contributed by atoms with van der Waals surface area (Å²) in [5.41, 5.74) is 0. The molecule has 6 nitrogen and oxygen atoms in total. The van der Waals surface area contributed by atoms with E-state index in [2.05, 4.69) is 5.32 Å². The number of likely N-dealkylation sites (tertiary alicyclic amines) is 1. The molecule has 0 spiro atoms. The van der Waals surface area contributed by atoms with Crippen LogP contribution < -0.4 is 10.1 Å². The number of carbonyl (C=O) groups excluding carboxylic acids is 1. The van der Waals surface area contributed by atoms with E-state index in [1.165, 1.54) is 12.1 Å². The summed E-state index contributed by atoms with van der Waals surface area (Å²) in [6, 6.07) is 5.45. The molecule has 142 valence electrons. The highest BCUT2D eigenvalue weighted by atomic mass is 19.1. The Labute approximate surface area is 152 Å². The van der Waals surface area contributed by atoms with E-state index in [0.29, 0.717) is 18.1 Å². The van der Waals surface area contributed by atoms with Crippen LogP contribution in [0.4, 0.5) is 4.39 Å². The van der Waals surface area contributed by atoms with Crippen molar-refractivity contribution < 1.29 is 23.8 Å². The zero-order valence-corrected chi connectivity index (χ0v) is 14.7. The lowest BCUT2D eigenvalue weighted by Gasteiger charge is -2.32. The molecule has 1 amide bonds. The third kappa shape index (κ3) is 4.52. The van der Waals surface area contributed by atoms with Crippen molar-refractivity contribution in [1.29, 1.82) is 0 Å². The van der Waals surface area contributed by atoms with Crippen LogP contribution in [0.5, 0.6) is 5.75 Å². The Morgan fingerprint density at radius 3 is 2.88 bits per heavy atom. The SMILES string of the molecule is O=C(CN1C(C(=O)O)CC2CCCCC21)NCCOc1cccc(F)c1. The fourth-order valence-corrected chi connectivity index (χ4v) is 4.16. The van der Waals surface area contributed by atoms with Crippen LogP contribution >= 0.6 is 0 Å². The molecule has 1 saturated heterocycles. The van der Waals surface area contributed by atoms with Crippen molar-refractivity contribution in [1.82, 2.24) is 10.2 Å². The van der Waals surface area contributed by atoms with Gasteiger partial charge in [-0.2, -0.15) is 0 Å². The van der Waals surface area contributed by atoms with Gasteiger partial charge in [-0.05, 0) is 37.3 Å². The topological polar surface area (TPSA) is 78.9 Å². The number of benzene rings is 1. The van der Waals surface area contributed by atoms with E-state index in [0.717, 1.165) is 25.7 Å². The zero-order chi connectivity index (χ0) is 18.5. The van der Waals surface area contributed by atoms with Gasteiger partial charge in [0.1, 0.15) is 24.2 Å². The van der Waals surface area contributed by atoms with E-state index in [4.69, 9.17) is 4.74 Å². The first-order valence-electron chi connectivity index (χ1n) is 9.18. The number of rotatable bonds is 7. The van der Waals surface area contributed by atoms with Crippen molar-refractivity contribution >= 4 is 11.9 Å². The van der Waals surface area contributed by atoms with Crippen LogP contribution in [0.2, 0.25) is 0 Å². The Kier molecular flexibility index (Phi) is 6.08. The molecule has 2 N–H and O–H groups in total. The molecule has 3 atom stereocenters. The zero-order valence-electron chi connectivity index (χ0n) is 14.7. The molecule has 1 heterocycles. The molecule has 1 saturated carbocycles. The van der Waals surface area contributed by atoms with Gasteiger partial charge in [0.2, 0.25) is 5.91 Å². The number of nitrogens with one attached hydrogen (secondary N) is 1. The minimum absolute atomic E-state index is 0.0953. The predicted molar refractivity (Wildman–Crippen MR) is 93.4 cm³/mol. The van der Waals surface area contributed by atoms with Crippen LogP contribution in [-0.2, 0) is 9.59 Å². The molecule has 2 fully saturated rings. The van der Waals surface area contributed by atoms with E-state index < -0.39 is 12.0 Å². The van der Waals surface area contributed by atoms with E-state index in [1.54, 1.807) is 12.1 Å². The molecule has 26 heavy (non-hydrogen) atoms. The summed E-state index contributed by atoms with van der Waals surface area (Å²) in [5, 5.41) is 12.2. The fourth-order valence-electron chi connectivity index (χ4n) is 4.16. The molecule has 1 aliphatic carbocycles. The number of ether oxygens (including phenoxy) is 1. The highest BCUT2D eigenvalue weighted by Gasteiger charge is 2.45. The van der Waals surface area contributed by atoms with Crippen LogP contribution in [0.1, 0.15) is 32.1 Å². The van der Waals surface area contributed by atoms with Crippen LogP contribution in [-0.4, -0.2) is 53.7 Å². The minimum Gasteiger partial charge on any atom is -0.492 e. The standard InChI is InChI=1S/C19H25FN2O4/c20-14-5-3-6-15(11-14)26-9-8-21-18(23)12-22-16-7-2-1-4-13(16)10-17(22)19(24)25/h3,5-6,11,13,16-17H,1-2,4,7-10,12H2,(H,21,23)(H,24,25). The van der Waals surface area contributed by atoms with Crippen LogP contribution in [0.3, 0.4) is 0 Å². The van der Waals surface area contributed by atoms with Gasteiger partial charge >= 0.3 is 5.97 Å². The summed E-state index contributed by atoms with van der Waals surface area (Å²) in [5.74, 6) is -0.627. The van der Waals surface area contributed by atoms with Crippen molar-refractivity contribution in [2.24, 2.45) is 5.92 Å². The lowest BCUT2D eigenvalue weighted by Crippen LogP contribution is -2.48. The lowest BCUT2D eigenvalue weighted by atomic mass is 9.85. The molecular formula is C19H25FN2O4. The Morgan fingerprint density at radius 2 is 2.12 bits per heavy atom. The van der Waals surface area contributed by atoms with Gasteiger partial charge in [-0.25, -0.2) is 4.39 Å². The monoisotopic (exact) mass is 364 g/mol. The Bertz CT molecular complexity index is 654. The fraction of sp³-hybridized carbons (Fsp3) is 0.579. The summed E-state index contributed by atoms with van der Waals surface area (Å²) in [6.45, 7) is 0.608. The van der Waals surface area contributed by atoms with Crippen molar-refractivity contribution in [3.8, 4) is 5.75 Å². The number of halogens is 1. The number of hydrogen-bond donors (Lipinski definition) is 2. The molecule has 3 rings (SSSR count). The largest absolute Gasteiger partial charge is 0.492 e. The van der Waals surface area contributed by atoms with Crippen LogP contribution in [0, 0.1) is 11.7 Å². The number of hydrogen-bond acceptors (Lipinski definition) is 4. The van der Waals surface area contributed by atoms with Gasteiger partial charge in [0, 0.05) is 12.1 Å². The van der Waals surface area contributed by atoms with E-state index in [-0.39, 0.29) is 37.5 Å². The highest BCUT2D eigenvalue weighted by Crippen LogP contribution is 2.39. The molecule has 1 aromatic carbocycles. The van der Waals surface area contributed by atoms with Crippen molar-refractivity contribution in [2.75, 3.05) is 19.7 Å². The lowest BCUT2D eigenvalue weighted by molar-refractivity contribution is -0.143. The Balaban J connectivity index is 1.46. The number of aliphatic carboxylic acids is 1. The van der Waals surface area contributed by atoms with E-state index in [9.17, 15) is 19.1 Å². The molecular weight excluding hydrogens is 339 g/mol. The van der Waals surface area contributed by atoms with Gasteiger partial charge in [-0.1, -0.05) is 18.9 Å². The molecule has 2 aliphatic rings. The van der Waals surface area contributed by atoms with E-state index in [1.807, 2.05) is 4.90 Å². The number of nitrogens with zero attached hydrogens (tertiary/aromatic N) is 1. The first kappa shape index (κ1) is 18.6. The average Bonchev–Trinajstić information content (AvgIpc) is 2.98. The summed E-state index contributed by atoms with van der Waals surface area (Å²) in [4.78, 5) is 25.7. The smallest absolute Gasteiger partial charge is 0.320 e. The average molecular weight is 364 g/mol. The maximum atomic E-state index is 13.1. The van der Waals surface area contributed by atoms with Crippen LogP contribution in [0.15, 0.2) is 24.3 Å². The minimum atomic E-state index is -0.846. The van der Waals surface area contributed by atoms with E-state index >= 15 is 0 Å². The third-order valence-corrected chi connectivity index (χ3v) is 5.32. The summed E-state index contributed by atoms with van der Waals surface area (Å²) in [6.07, 6.45) is 4.88. The van der Waals surface area contributed by atoms with Gasteiger partial charge in [-0.15, -0.1) is 0 Å². The molecule has 3 unspecified atom stereocenters. The maximum absolute atomic E-state index is 13.1. The van der Waals surface area contributed by atoms with Crippen LogP contribution in [0.25, 0.3) is 0 Å². The number of amides is 1. The number of carboxylic acids is 1. The second kappa shape index (κ2) is 8.49. The predicted octanol–water partition coefficient (Wildman–Crippen LogP) is 2.04. The summed E-state index contributed by atoms with van der Waals surface area (Å²) >= 11 is 0. The molecule has 0 radical (unpaired) electrons. The number of carbonyl (C=O) groups is 2. The van der Waals surface area contributed by atoms with Gasteiger partial charge in [0.05, 0.1) is 13.1 Å². The molecule has 7 heteroatoms. The second-order valence-electron chi connectivity index (χ2n) is 7.03. The first-order valence-corrected chi connectivity index (χ1v) is 9.18. The molecule has 0 bridgehead atoms. The Morgan fingerprint density at radius 1 is 1.31 bits per heavy atom. The second-order valence-corrected chi connectivity index (χ2v) is 7.03. The summed E-state index contributed by atoms with van der Waals surface area (Å²) in [7, 11) is 0. The van der Waals surface area contributed by atoms with Gasteiger partial charge in [-0.3, -0.25) is 14.5 Å². The maximum Gasteiger partial charge on any atom is 0.320 e. The molecule has 1 aliphatic heterocycles. The number of fused-ring (bicyclic) bond motifs is 1.